The zero-order chi connectivity index (χ0) is 20.1. The summed E-state index contributed by atoms with van der Waals surface area (Å²) in [5.74, 6) is -0.720. The minimum atomic E-state index is -5.08. The molecular formula is C18H18F3N3O4. The van der Waals surface area contributed by atoms with E-state index in [4.69, 9.17) is 18.8 Å². The molecule has 0 amide bonds. The van der Waals surface area contributed by atoms with Crippen LogP contribution in [0.15, 0.2) is 51.9 Å². The molecule has 150 valence electrons. The van der Waals surface area contributed by atoms with Gasteiger partial charge in [0.1, 0.15) is 17.2 Å². The maximum Gasteiger partial charge on any atom is 0.490 e. The highest BCUT2D eigenvalue weighted by atomic mass is 19.4. The van der Waals surface area contributed by atoms with Crippen LogP contribution < -0.4 is 0 Å². The zero-order valence-electron chi connectivity index (χ0n) is 14.7. The highest BCUT2D eigenvalue weighted by Gasteiger charge is 2.38. The van der Waals surface area contributed by atoms with Gasteiger partial charge in [-0.05, 0) is 24.3 Å². The van der Waals surface area contributed by atoms with Gasteiger partial charge in [0.15, 0.2) is 0 Å². The Labute approximate surface area is 157 Å². The van der Waals surface area contributed by atoms with Crippen molar-refractivity contribution >= 4 is 5.97 Å². The topological polar surface area (TPSA) is 84.6 Å². The summed E-state index contributed by atoms with van der Waals surface area (Å²) in [4.78, 5) is 11.3. The number of carboxylic acid groups (broad SMARTS) is 1. The lowest BCUT2D eigenvalue weighted by Crippen LogP contribution is -2.29. The summed E-state index contributed by atoms with van der Waals surface area (Å²) in [6, 6.07) is 8.00. The molecule has 1 N–H and O–H groups in total. The predicted octanol–water partition coefficient (Wildman–Crippen LogP) is 3.31. The lowest BCUT2D eigenvalue weighted by atomic mass is 10.1. The number of furan rings is 1. The summed E-state index contributed by atoms with van der Waals surface area (Å²) in [6.07, 6.45) is 1.64. The highest BCUT2D eigenvalue weighted by molar-refractivity contribution is 5.73. The number of alkyl halides is 3. The minimum absolute atomic E-state index is 0.764. The first kappa shape index (κ1) is 19.7. The van der Waals surface area contributed by atoms with Gasteiger partial charge >= 0.3 is 12.1 Å². The first-order chi connectivity index (χ1) is 13.3. The Morgan fingerprint density at radius 3 is 2.54 bits per heavy atom. The Morgan fingerprint density at radius 1 is 1.21 bits per heavy atom. The van der Waals surface area contributed by atoms with E-state index in [0.717, 1.165) is 49.8 Å². The van der Waals surface area contributed by atoms with Gasteiger partial charge in [0, 0.05) is 37.5 Å². The molecule has 0 saturated carbocycles. The average Bonchev–Trinajstić information content (AvgIpc) is 3.38. The van der Waals surface area contributed by atoms with Crippen LogP contribution in [0.5, 0.6) is 0 Å². The summed E-state index contributed by atoms with van der Waals surface area (Å²) in [6.45, 7) is 3.45. The number of aromatic nitrogens is 2. The quantitative estimate of drug-likeness (QED) is 0.727. The van der Waals surface area contributed by atoms with Gasteiger partial charge in [-0.3, -0.25) is 4.90 Å². The molecule has 0 fully saturated rings. The van der Waals surface area contributed by atoms with Crippen LogP contribution in [0.1, 0.15) is 22.8 Å². The third-order valence-corrected chi connectivity index (χ3v) is 4.19. The molecule has 0 spiro atoms. The van der Waals surface area contributed by atoms with Crippen LogP contribution >= 0.6 is 0 Å². The third kappa shape index (κ3) is 5.03. The van der Waals surface area contributed by atoms with Crippen LogP contribution in [-0.2, 0) is 30.8 Å². The Hall–Kier alpha value is -3.01. The van der Waals surface area contributed by atoms with E-state index in [0.29, 0.717) is 0 Å². The summed E-state index contributed by atoms with van der Waals surface area (Å²) in [5.41, 5.74) is 2.27. The first-order valence-electron chi connectivity index (χ1n) is 8.45. The number of halogens is 3. The number of hydrogen-bond acceptors (Lipinski definition) is 5. The fraction of sp³-hybridized carbons (Fsp3) is 0.333. The second kappa shape index (κ2) is 8.34. The minimum Gasteiger partial charge on any atom is -0.475 e. The molecule has 10 heteroatoms. The molecule has 4 rings (SSSR count). The van der Waals surface area contributed by atoms with Crippen molar-refractivity contribution in [3.05, 3.63) is 65.7 Å². The van der Waals surface area contributed by atoms with Gasteiger partial charge in [-0.25, -0.2) is 4.79 Å². The van der Waals surface area contributed by atoms with Gasteiger partial charge in [0.2, 0.25) is 0 Å². The third-order valence-electron chi connectivity index (χ3n) is 4.19. The molecule has 1 aliphatic heterocycles. The molecular weight excluding hydrogens is 379 g/mol. The molecule has 3 aromatic rings. The lowest BCUT2D eigenvalue weighted by molar-refractivity contribution is -0.192. The molecule has 0 radical (unpaired) electrons. The second-order valence-corrected chi connectivity index (χ2v) is 6.23. The van der Waals surface area contributed by atoms with Gasteiger partial charge in [-0.15, -0.1) is 0 Å². The van der Waals surface area contributed by atoms with Crippen LogP contribution in [0.4, 0.5) is 13.2 Å². The van der Waals surface area contributed by atoms with E-state index in [9.17, 15) is 13.2 Å². The number of hydrogen-bond donors (Lipinski definition) is 1. The molecule has 0 aromatic carbocycles. The fourth-order valence-electron chi connectivity index (χ4n) is 2.85. The summed E-state index contributed by atoms with van der Waals surface area (Å²) in [7, 11) is 0. The Bertz CT molecular complexity index is 886. The van der Waals surface area contributed by atoms with Crippen LogP contribution in [-0.4, -0.2) is 38.4 Å². The number of nitrogens with zero attached hydrogens (tertiary/aromatic N) is 3. The maximum absolute atomic E-state index is 10.6. The van der Waals surface area contributed by atoms with Gasteiger partial charge in [0.25, 0.3) is 0 Å². The number of rotatable bonds is 4. The predicted molar refractivity (Wildman–Crippen MR) is 90.3 cm³/mol. The summed E-state index contributed by atoms with van der Waals surface area (Å²) >= 11 is 0. The fourth-order valence-corrected chi connectivity index (χ4v) is 2.85. The number of carbonyl (C=O) groups is 1. The van der Waals surface area contributed by atoms with Crippen molar-refractivity contribution in [2.45, 2.75) is 32.2 Å². The van der Waals surface area contributed by atoms with Gasteiger partial charge in [0.05, 0.1) is 19.4 Å². The molecule has 0 atom stereocenters. The van der Waals surface area contributed by atoms with E-state index in [2.05, 4.69) is 14.6 Å². The molecule has 0 unspecified atom stereocenters. The SMILES string of the molecule is O=C(O)C(F)(F)F.c1coc(CN2CCc3onc(Cn4cccc4)c3C2)c1. The molecule has 28 heavy (non-hydrogen) atoms. The van der Waals surface area contributed by atoms with Crippen molar-refractivity contribution in [3.63, 3.8) is 0 Å². The number of aliphatic carboxylic acids is 1. The summed E-state index contributed by atoms with van der Waals surface area (Å²) < 4.78 is 44.8. The van der Waals surface area contributed by atoms with Crippen molar-refractivity contribution in [2.75, 3.05) is 6.54 Å². The van der Waals surface area contributed by atoms with Crippen molar-refractivity contribution in [1.82, 2.24) is 14.6 Å². The number of fused-ring (bicyclic) bond motifs is 1. The Balaban J connectivity index is 0.000000279. The molecule has 7 nitrogen and oxygen atoms in total. The van der Waals surface area contributed by atoms with Crippen LogP contribution in [0.2, 0.25) is 0 Å². The van der Waals surface area contributed by atoms with Gasteiger partial charge in [-0.1, -0.05) is 5.16 Å². The van der Waals surface area contributed by atoms with Crippen LogP contribution in [0, 0.1) is 0 Å². The van der Waals surface area contributed by atoms with E-state index in [1.54, 1.807) is 6.26 Å². The summed E-state index contributed by atoms with van der Waals surface area (Å²) in [5, 5.41) is 11.4. The molecule has 1 aliphatic rings. The van der Waals surface area contributed by atoms with Crippen molar-refractivity contribution in [2.24, 2.45) is 0 Å². The number of carboxylic acids is 1. The van der Waals surface area contributed by atoms with Gasteiger partial charge < -0.3 is 18.6 Å². The van der Waals surface area contributed by atoms with Crippen molar-refractivity contribution in [1.29, 1.82) is 0 Å². The second-order valence-electron chi connectivity index (χ2n) is 6.23. The first-order valence-corrected chi connectivity index (χ1v) is 8.45. The monoisotopic (exact) mass is 397 g/mol. The lowest BCUT2D eigenvalue weighted by Gasteiger charge is -2.25. The van der Waals surface area contributed by atoms with Crippen molar-refractivity contribution in [3.8, 4) is 0 Å². The van der Waals surface area contributed by atoms with E-state index in [1.165, 1.54) is 5.56 Å². The Morgan fingerprint density at radius 2 is 1.93 bits per heavy atom. The van der Waals surface area contributed by atoms with E-state index in [-0.39, 0.29) is 0 Å². The van der Waals surface area contributed by atoms with E-state index in [1.807, 2.05) is 36.7 Å². The van der Waals surface area contributed by atoms with E-state index >= 15 is 0 Å². The van der Waals surface area contributed by atoms with Gasteiger partial charge in [-0.2, -0.15) is 13.2 Å². The molecule has 0 bridgehead atoms. The largest absolute Gasteiger partial charge is 0.490 e. The normalized spacial score (nSPS) is 14.2. The van der Waals surface area contributed by atoms with Crippen LogP contribution in [0.3, 0.4) is 0 Å². The average molecular weight is 397 g/mol. The smallest absolute Gasteiger partial charge is 0.475 e. The Kier molecular flexibility index (Phi) is 5.88. The zero-order valence-corrected chi connectivity index (χ0v) is 14.7. The molecule has 0 aliphatic carbocycles. The van der Waals surface area contributed by atoms with Crippen LogP contribution in [0.25, 0.3) is 0 Å². The highest BCUT2D eigenvalue weighted by Crippen LogP contribution is 2.24. The standard InChI is InChI=1S/C16H17N3O2.C2HF3O2/c1-2-7-18(6-1)12-15-14-11-19(8-5-16(14)21-17-15)10-13-4-3-9-20-13;3-2(4,5)1(6)7/h1-4,6-7,9H,5,8,10-12H2;(H,6,7). The van der Waals surface area contributed by atoms with E-state index < -0.39 is 12.1 Å². The molecule has 0 saturated heterocycles. The van der Waals surface area contributed by atoms with Crippen molar-refractivity contribution < 1.29 is 32.0 Å². The maximum atomic E-state index is 10.6. The molecule has 3 aromatic heterocycles. The molecule has 4 heterocycles.